The Morgan fingerprint density at radius 3 is 2.57 bits per heavy atom. The summed E-state index contributed by atoms with van der Waals surface area (Å²) < 4.78 is 5.75. The van der Waals surface area contributed by atoms with Gasteiger partial charge in [-0.15, -0.1) is 0 Å². The van der Waals surface area contributed by atoms with Gasteiger partial charge in [-0.2, -0.15) is 0 Å². The summed E-state index contributed by atoms with van der Waals surface area (Å²) in [4.78, 5) is 14.7. The molecule has 3 rings (SSSR count). The number of hydrogen-bond donors (Lipinski definition) is 1. The van der Waals surface area contributed by atoms with Gasteiger partial charge in [-0.25, -0.2) is 0 Å². The molecule has 1 heterocycles. The highest BCUT2D eigenvalue weighted by molar-refractivity contribution is 5.77. The standard InChI is InChI=1S/C24H32N2O2/c1-18-12-19(2)20(3)23(13-18)28-17-24(27)25-15-21-8-7-9-22(14-21)16-26-10-5-4-6-11-26/h7-9,12-14H,4-6,10-11,15-17H2,1-3H3,(H,25,27). The van der Waals surface area contributed by atoms with Gasteiger partial charge in [-0.05, 0) is 80.6 Å². The summed E-state index contributed by atoms with van der Waals surface area (Å²) in [6, 6.07) is 12.6. The third-order valence-corrected chi connectivity index (χ3v) is 5.46. The summed E-state index contributed by atoms with van der Waals surface area (Å²) >= 11 is 0. The first kappa shape index (κ1) is 20.4. The average Bonchev–Trinajstić information content (AvgIpc) is 2.69. The molecule has 4 heteroatoms. The monoisotopic (exact) mass is 380 g/mol. The van der Waals surface area contributed by atoms with Gasteiger partial charge in [0.1, 0.15) is 5.75 Å². The number of ether oxygens (including phenoxy) is 1. The predicted octanol–water partition coefficient (Wildman–Crippen LogP) is 4.29. The van der Waals surface area contributed by atoms with Gasteiger partial charge in [0.2, 0.25) is 0 Å². The first-order valence-corrected chi connectivity index (χ1v) is 10.3. The summed E-state index contributed by atoms with van der Waals surface area (Å²) in [7, 11) is 0. The van der Waals surface area contributed by atoms with Crippen molar-refractivity contribution in [2.24, 2.45) is 0 Å². The second-order valence-corrected chi connectivity index (χ2v) is 7.93. The zero-order valence-corrected chi connectivity index (χ0v) is 17.4. The maximum atomic E-state index is 12.2. The van der Waals surface area contributed by atoms with Gasteiger partial charge in [0.25, 0.3) is 5.91 Å². The molecule has 28 heavy (non-hydrogen) atoms. The van der Waals surface area contributed by atoms with Crippen LogP contribution < -0.4 is 10.1 Å². The van der Waals surface area contributed by atoms with E-state index in [0.29, 0.717) is 6.54 Å². The molecule has 2 aromatic carbocycles. The number of carbonyl (C=O) groups excluding carboxylic acids is 1. The maximum Gasteiger partial charge on any atom is 0.258 e. The highest BCUT2D eigenvalue weighted by Gasteiger charge is 2.11. The Kier molecular flexibility index (Phi) is 7.10. The Labute approximate surface area is 168 Å². The van der Waals surface area contributed by atoms with Crippen LogP contribution in [-0.2, 0) is 17.9 Å². The summed E-state index contributed by atoms with van der Waals surface area (Å²) in [6.45, 7) is 10.1. The molecule has 0 aliphatic carbocycles. The van der Waals surface area contributed by atoms with Crippen LogP contribution in [0.4, 0.5) is 0 Å². The molecule has 1 aliphatic rings. The molecule has 0 radical (unpaired) electrons. The van der Waals surface area contributed by atoms with Crippen molar-refractivity contribution >= 4 is 5.91 Å². The van der Waals surface area contributed by atoms with Gasteiger partial charge in [-0.1, -0.05) is 36.8 Å². The Hall–Kier alpha value is -2.33. The van der Waals surface area contributed by atoms with E-state index in [1.165, 1.54) is 43.5 Å². The highest BCUT2D eigenvalue weighted by Crippen LogP contribution is 2.23. The molecule has 150 valence electrons. The first-order valence-electron chi connectivity index (χ1n) is 10.3. The Morgan fingerprint density at radius 2 is 1.79 bits per heavy atom. The van der Waals surface area contributed by atoms with Crippen molar-refractivity contribution in [3.8, 4) is 5.75 Å². The minimum atomic E-state index is -0.0972. The number of likely N-dealkylation sites (tertiary alicyclic amines) is 1. The van der Waals surface area contributed by atoms with Crippen molar-refractivity contribution in [1.82, 2.24) is 10.2 Å². The largest absolute Gasteiger partial charge is 0.483 e. The Morgan fingerprint density at radius 1 is 1.04 bits per heavy atom. The molecule has 0 unspecified atom stereocenters. The number of hydrogen-bond acceptors (Lipinski definition) is 3. The topological polar surface area (TPSA) is 41.6 Å². The maximum absolute atomic E-state index is 12.2. The van der Waals surface area contributed by atoms with Crippen LogP contribution in [0, 0.1) is 20.8 Å². The van der Waals surface area contributed by atoms with Crippen LogP contribution in [-0.4, -0.2) is 30.5 Å². The fourth-order valence-corrected chi connectivity index (χ4v) is 3.76. The van der Waals surface area contributed by atoms with Crippen molar-refractivity contribution in [3.63, 3.8) is 0 Å². The summed E-state index contributed by atoms with van der Waals surface area (Å²) in [5, 5.41) is 2.97. The van der Waals surface area contributed by atoms with Gasteiger partial charge in [0, 0.05) is 13.1 Å². The van der Waals surface area contributed by atoms with Crippen molar-refractivity contribution < 1.29 is 9.53 Å². The fraction of sp³-hybridized carbons (Fsp3) is 0.458. The van der Waals surface area contributed by atoms with Crippen LogP contribution in [0.25, 0.3) is 0 Å². The van der Waals surface area contributed by atoms with E-state index in [9.17, 15) is 4.79 Å². The predicted molar refractivity (Wildman–Crippen MR) is 114 cm³/mol. The van der Waals surface area contributed by atoms with Crippen LogP contribution in [0.5, 0.6) is 5.75 Å². The molecular formula is C24H32N2O2. The molecule has 0 saturated carbocycles. The van der Waals surface area contributed by atoms with Gasteiger partial charge in [0.05, 0.1) is 0 Å². The molecule has 0 aromatic heterocycles. The third kappa shape index (κ3) is 5.83. The van der Waals surface area contributed by atoms with Gasteiger partial charge in [-0.3, -0.25) is 9.69 Å². The Balaban J connectivity index is 1.48. The van der Waals surface area contributed by atoms with Crippen LogP contribution in [0.1, 0.15) is 47.1 Å². The van der Waals surface area contributed by atoms with Crippen molar-refractivity contribution in [1.29, 1.82) is 0 Å². The van der Waals surface area contributed by atoms with Gasteiger partial charge < -0.3 is 10.1 Å². The number of aryl methyl sites for hydroxylation is 2. The molecule has 0 atom stereocenters. The third-order valence-electron chi connectivity index (χ3n) is 5.46. The molecule has 1 amide bonds. The minimum absolute atomic E-state index is 0.0389. The van der Waals surface area contributed by atoms with E-state index in [-0.39, 0.29) is 12.5 Å². The molecule has 1 aliphatic heterocycles. The lowest BCUT2D eigenvalue weighted by molar-refractivity contribution is -0.123. The summed E-state index contributed by atoms with van der Waals surface area (Å²) in [6.07, 6.45) is 3.96. The number of amides is 1. The normalized spacial score (nSPS) is 14.7. The lowest BCUT2D eigenvalue weighted by atomic mass is 10.1. The number of carbonyl (C=O) groups is 1. The van der Waals surface area contributed by atoms with Crippen molar-refractivity contribution in [2.45, 2.75) is 53.1 Å². The molecule has 1 N–H and O–H groups in total. The molecule has 1 fully saturated rings. The summed E-state index contributed by atoms with van der Waals surface area (Å²) in [5.74, 6) is 0.691. The number of rotatable bonds is 7. The van der Waals surface area contributed by atoms with E-state index >= 15 is 0 Å². The average molecular weight is 381 g/mol. The van der Waals surface area contributed by atoms with E-state index < -0.39 is 0 Å². The molecule has 0 bridgehead atoms. The van der Waals surface area contributed by atoms with E-state index in [0.717, 1.165) is 29.0 Å². The van der Waals surface area contributed by atoms with Crippen LogP contribution in [0.15, 0.2) is 36.4 Å². The van der Waals surface area contributed by atoms with Gasteiger partial charge in [0.15, 0.2) is 6.61 Å². The zero-order valence-electron chi connectivity index (χ0n) is 17.4. The first-order chi connectivity index (χ1) is 13.5. The molecular weight excluding hydrogens is 348 g/mol. The zero-order chi connectivity index (χ0) is 19.9. The number of benzene rings is 2. The second-order valence-electron chi connectivity index (χ2n) is 7.93. The Bertz CT molecular complexity index is 810. The summed E-state index contributed by atoms with van der Waals surface area (Å²) in [5.41, 5.74) is 5.86. The lowest BCUT2D eigenvalue weighted by Gasteiger charge is -2.26. The molecule has 0 spiro atoms. The van der Waals surface area contributed by atoms with Crippen LogP contribution >= 0.6 is 0 Å². The number of nitrogens with one attached hydrogen (secondary N) is 1. The highest BCUT2D eigenvalue weighted by atomic mass is 16.5. The van der Waals surface area contributed by atoms with Gasteiger partial charge >= 0.3 is 0 Å². The van der Waals surface area contributed by atoms with Crippen LogP contribution in [0.2, 0.25) is 0 Å². The second kappa shape index (κ2) is 9.74. The minimum Gasteiger partial charge on any atom is -0.483 e. The van der Waals surface area contributed by atoms with E-state index in [4.69, 9.17) is 4.74 Å². The van der Waals surface area contributed by atoms with Crippen LogP contribution in [0.3, 0.4) is 0 Å². The fourth-order valence-electron chi connectivity index (χ4n) is 3.76. The van der Waals surface area contributed by atoms with Crippen molar-refractivity contribution in [2.75, 3.05) is 19.7 Å². The SMILES string of the molecule is Cc1cc(C)c(C)c(OCC(=O)NCc2cccc(CN3CCCCC3)c2)c1. The molecule has 4 nitrogen and oxygen atoms in total. The lowest BCUT2D eigenvalue weighted by Crippen LogP contribution is -2.29. The van der Waals surface area contributed by atoms with E-state index in [1.807, 2.05) is 19.9 Å². The quantitative estimate of drug-likeness (QED) is 0.779. The van der Waals surface area contributed by atoms with Crippen molar-refractivity contribution in [3.05, 3.63) is 64.2 Å². The number of piperidine rings is 1. The number of nitrogens with zero attached hydrogens (tertiary/aromatic N) is 1. The molecule has 2 aromatic rings. The van der Waals surface area contributed by atoms with E-state index in [1.54, 1.807) is 0 Å². The smallest absolute Gasteiger partial charge is 0.258 e. The molecule has 1 saturated heterocycles. The van der Waals surface area contributed by atoms with E-state index in [2.05, 4.69) is 47.5 Å².